The molecule has 2 aromatic rings. The summed E-state index contributed by atoms with van der Waals surface area (Å²) in [6.45, 7) is 0.293. The molecule has 3 rings (SSSR count). The number of nitrogens with one attached hydrogen (secondary N) is 1. The third kappa shape index (κ3) is 4.79. The van der Waals surface area contributed by atoms with Gasteiger partial charge < -0.3 is 19.7 Å². The molecule has 0 saturated heterocycles. The highest BCUT2D eigenvalue weighted by Gasteiger charge is 2.32. The van der Waals surface area contributed by atoms with Gasteiger partial charge in [0.1, 0.15) is 5.82 Å². The summed E-state index contributed by atoms with van der Waals surface area (Å²) in [5.41, 5.74) is 1.23. The molecule has 2 aromatic carbocycles. The number of methoxy groups -OCH3 is 2. The summed E-state index contributed by atoms with van der Waals surface area (Å²) in [7, 11) is 3.01. The molecule has 0 heterocycles. The van der Waals surface area contributed by atoms with Crippen molar-refractivity contribution >= 4 is 11.8 Å². The molecule has 148 valence electrons. The van der Waals surface area contributed by atoms with Gasteiger partial charge in [0.15, 0.2) is 11.5 Å². The fourth-order valence-electron chi connectivity index (χ4n) is 2.93. The monoisotopic (exact) mass is 386 g/mol. The second-order valence-corrected chi connectivity index (χ2v) is 6.63. The number of hydrogen-bond acceptors (Lipinski definition) is 4. The molecule has 0 aromatic heterocycles. The summed E-state index contributed by atoms with van der Waals surface area (Å²) in [5.74, 6) is 0.120. The zero-order chi connectivity index (χ0) is 20.1. The van der Waals surface area contributed by atoms with E-state index in [1.807, 2.05) is 0 Å². The van der Waals surface area contributed by atoms with Crippen molar-refractivity contribution in [2.75, 3.05) is 20.8 Å². The molecule has 0 spiro atoms. The zero-order valence-electron chi connectivity index (χ0n) is 15.9. The van der Waals surface area contributed by atoms with E-state index in [0.717, 1.165) is 18.4 Å². The van der Waals surface area contributed by atoms with Gasteiger partial charge in [0, 0.05) is 18.2 Å². The Morgan fingerprint density at radius 2 is 1.75 bits per heavy atom. The Balaban J connectivity index is 1.61. The second kappa shape index (κ2) is 8.73. The van der Waals surface area contributed by atoms with Gasteiger partial charge in [-0.15, -0.1) is 0 Å². The average molecular weight is 386 g/mol. The molecule has 1 N–H and O–H groups in total. The van der Waals surface area contributed by atoms with Crippen LogP contribution in [0, 0.1) is 5.82 Å². The Morgan fingerprint density at radius 1 is 1.07 bits per heavy atom. The van der Waals surface area contributed by atoms with Crippen LogP contribution in [0.15, 0.2) is 42.5 Å². The lowest BCUT2D eigenvalue weighted by atomic mass is 10.2. The number of nitrogens with zero attached hydrogens (tertiary/aromatic N) is 1. The average Bonchev–Trinajstić information content (AvgIpc) is 3.55. The van der Waals surface area contributed by atoms with E-state index in [1.54, 1.807) is 35.2 Å². The van der Waals surface area contributed by atoms with Gasteiger partial charge >= 0.3 is 0 Å². The Kier molecular flexibility index (Phi) is 6.13. The normalized spacial score (nSPS) is 13.0. The number of carbonyl (C=O) groups is 2. The third-order valence-electron chi connectivity index (χ3n) is 4.62. The van der Waals surface area contributed by atoms with E-state index in [9.17, 15) is 14.0 Å². The Labute approximate surface area is 163 Å². The second-order valence-electron chi connectivity index (χ2n) is 6.63. The van der Waals surface area contributed by atoms with Gasteiger partial charge in [0.25, 0.3) is 5.91 Å². The quantitative estimate of drug-likeness (QED) is 0.758. The van der Waals surface area contributed by atoms with Crippen LogP contribution in [0.1, 0.15) is 28.8 Å². The Hall–Kier alpha value is -3.09. The number of rotatable bonds is 8. The molecular weight excluding hydrogens is 363 g/mol. The summed E-state index contributed by atoms with van der Waals surface area (Å²) in [4.78, 5) is 26.8. The fraction of sp³-hybridized carbons (Fsp3) is 0.333. The highest BCUT2D eigenvalue weighted by atomic mass is 19.1. The van der Waals surface area contributed by atoms with Crippen LogP contribution in [0.2, 0.25) is 0 Å². The molecule has 6 nitrogen and oxygen atoms in total. The Morgan fingerprint density at radius 3 is 2.36 bits per heavy atom. The van der Waals surface area contributed by atoms with Gasteiger partial charge in [-0.25, -0.2) is 4.39 Å². The van der Waals surface area contributed by atoms with Crippen LogP contribution in [0.5, 0.6) is 11.5 Å². The first-order valence-corrected chi connectivity index (χ1v) is 9.06. The zero-order valence-corrected chi connectivity index (χ0v) is 15.9. The largest absolute Gasteiger partial charge is 0.493 e. The molecule has 1 fully saturated rings. The highest BCUT2D eigenvalue weighted by Crippen LogP contribution is 2.29. The van der Waals surface area contributed by atoms with Crippen molar-refractivity contribution in [3.8, 4) is 11.5 Å². The molecule has 28 heavy (non-hydrogen) atoms. The predicted molar refractivity (Wildman–Crippen MR) is 102 cm³/mol. The predicted octanol–water partition coefficient (Wildman–Crippen LogP) is 2.76. The van der Waals surface area contributed by atoms with Crippen LogP contribution in [-0.4, -0.2) is 43.5 Å². The maximum absolute atomic E-state index is 13.1. The van der Waals surface area contributed by atoms with Crippen molar-refractivity contribution < 1.29 is 23.5 Å². The molecule has 0 atom stereocenters. The van der Waals surface area contributed by atoms with Crippen molar-refractivity contribution in [1.82, 2.24) is 10.2 Å². The first-order valence-electron chi connectivity index (χ1n) is 9.06. The lowest BCUT2D eigenvalue weighted by Crippen LogP contribution is -2.41. The molecule has 0 aliphatic heterocycles. The van der Waals surface area contributed by atoms with Crippen molar-refractivity contribution in [1.29, 1.82) is 0 Å². The number of ether oxygens (including phenoxy) is 2. The third-order valence-corrected chi connectivity index (χ3v) is 4.62. The maximum Gasteiger partial charge on any atom is 0.251 e. The number of carbonyl (C=O) groups excluding carboxylic acids is 2. The summed E-state index contributed by atoms with van der Waals surface area (Å²) < 4.78 is 23.4. The van der Waals surface area contributed by atoms with Crippen LogP contribution in [0.25, 0.3) is 0 Å². The molecule has 1 aliphatic carbocycles. The van der Waals surface area contributed by atoms with Crippen molar-refractivity contribution in [2.24, 2.45) is 0 Å². The van der Waals surface area contributed by atoms with Crippen molar-refractivity contribution in [3.63, 3.8) is 0 Å². The molecule has 0 unspecified atom stereocenters. The van der Waals surface area contributed by atoms with Crippen molar-refractivity contribution in [3.05, 3.63) is 59.4 Å². The van der Waals surface area contributed by atoms with Gasteiger partial charge in [-0.3, -0.25) is 9.59 Å². The number of halogens is 1. The molecule has 7 heteroatoms. The topological polar surface area (TPSA) is 67.9 Å². The van der Waals surface area contributed by atoms with E-state index in [-0.39, 0.29) is 30.2 Å². The van der Waals surface area contributed by atoms with Gasteiger partial charge in [0.2, 0.25) is 5.91 Å². The molecule has 1 aliphatic rings. The van der Waals surface area contributed by atoms with Crippen molar-refractivity contribution in [2.45, 2.75) is 25.4 Å². The lowest BCUT2D eigenvalue weighted by Gasteiger charge is -2.23. The van der Waals surface area contributed by atoms with E-state index in [1.165, 1.54) is 26.4 Å². The first kappa shape index (κ1) is 19.7. The van der Waals surface area contributed by atoms with Crippen LogP contribution < -0.4 is 14.8 Å². The van der Waals surface area contributed by atoms with E-state index in [4.69, 9.17) is 9.47 Å². The van der Waals surface area contributed by atoms with E-state index < -0.39 is 0 Å². The number of benzene rings is 2. The van der Waals surface area contributed by atoms with Crippen LogP contribution in [0.4, 0.5) is 4.39 Å². The molecule has 1 saturated carbocycles. The lowest BCUT2D eigenvalue weighted by molar-refractivity contribution is -0.131. The van der Waals surface area contributed by atoms with Crippen LogP contribution in [0.3, 0.4) is 0 Å². The van der Waals surface area contributed by atoms with Gasteiger partial charge in [-0.05, 0) is 48.7 Å². The van der Waals surface area contributed by atoms with Crippen LogP contribution >= 0.6 is 0 Å². The number of hydrogen-bond donors (Lipinski definition) is 1. The molecule has 0 radical (unpaired) electrons. The van der Waals surface area contributed by atoms with E-state index in [0.29, 0.717) is 23.6 Å². The molecule has 0 bridgehead atoms. The minimum atomic E-state index is -0.369. The number of amides is 2. The van der Waals surface area contributed by atoms with Crippen LogP contribution in [-0.2, 0) is 11.3 Å². The summed E-state index contributed by atoms with van der Waals surface area (Å²) in [5, 5.41) is 2.66. The van der Waals surface area contributed by atoms with E-state index >= 15 is 0 Å². The highest BCUT2D eigenvalue weighted by molar-refractivity contribution is 5.97. The van der Waals surface area contributed by atoms with Gasteiger partial charge in [-0.2, -0.15) is 0 Å². The summed E-state index contributed by atoms with van der Waals surface area (Å²) in [6.07, 6.45) is 1.88. The van der Waals surface area contributed by atoms with Gasteiger partial charge in [0.05, 0.1) is 20.8 Å². The summed E-state index contributed by atoms with van der Waals surface area (Å²) >= 11 is 0. The van der Waals surface area contributed by atoms with Gasteiger partial charge in [-0.1, -0.05) is 12.1 Å². The summed E-state index contributed by atoms with van der Waals surface area (Å²) in [6, 6.07) is 11.1. The maximum atomic E-state index is 13.1. The SMILES string of the molecule is COc1ccc(C(=O)NCC(=O)N(Cc2ccc(F)cc2)C2CC2)cc1OC. The fourth-order valence-corrected chi connectivity index (χ4v) is 2.93. The minimum Gasteiger partial charge on any atom is -0.493 e. The Bertz CT molecular complexity index is 850. The molecule has 2 amide bonds. The molecular formula is C21H23FN2O4. The van der Waals surface area contributed by atoms with E-state index in [2.05, 4.69) is 5.32 Å². The minimum absolute atomic E-state index is 0.106. The first-order chi connectivity index (χ1) is 13.5. The standard InChI is InChI=1S/C21H23FN2O4/c1-27-18-10-5-15(11-19(18)28-2)21(26)23-12-20(25)24(17-8-9-17)13-14-3-6-16(22)7-4-14/h3-7,10-11,17H,8-9,12-13H2,1-2H3,(H,23,26). The smallest absolute Gasteiger partial charge is 0.251 e.